The molecule has 0 fully saturated rings. The monoisotopic (exact) mass is 213 g/mol. The third-order valence-corrected chi connectivity index (χ3v) is 2.77. The van der Waals surface area contributed by atoms with Crippen molar-refractivity contribution in [3.63, 3.8) is 0 Å². The molecule has 0 saturated carbocycles. The Balaban J connectivity index is 2.56. The Morgan fingerprint density at radius 3 is 2.64 bits per heavy atom. The summed E-state index contributed by atoms with van der Waals surface area (Å²) in [5.41, 5.74) is 0.439. The molecule has 0 unspecified atom stereocenters. The summed E-state index contributed by atoms with van der Waals surface area (Å²) in [5.74, 6) is -0.941. The standard InChI is InChI=1S/C10H15NO2S/c1-10(2,3)5-4-8-11-7(6-14-8)9(12)13/h6H,4-5H2,1-3H3,(H,12,13). The number of carbonyl (C=O) groups is 1. The number of rotatable bonds is 3. The summed E-state index contributed by atoms with van der Waals surface area (Å²) in [6.07, 6.45) is 1.89. The van der Waals surface area contributed by atoms with Gasteiger partial charge in [0.15, 0.2) is 5.69 Å². The van der Waals surface area contributed by atoms with Gasteiger partial charge in [-0.15, -0.1) is 11.3 Å². The van der Waals surface area contributed by atoms with Gasteiger partial charge in [-0.2, -0.15) is 0 Å². The average Bonchev–Trinajstić information content (AvgIpc) is 2.47. The first kappa shape index (κ1) is 11.2. The molecule has 0 saturated heterocycles. The quantitative estimate of drug-likeness (QED) is 0.840. The van der Waals surface area contributed by atoms with Crippen molar-refractivity contribution in [2.75, 3.05) is 0 Å². The first-order valence-corrected chi connectivity index (χ1v) is 5.44. The van der Waals surface area contributed by atoms with E-state index in [4.69, 9.17) is 5.11 Å². The molecular weight excluding hydrogens is 198 g/mol. The fourth-order valence-electron chi connectivity index (χ4n) is 1.01. The molecule has 1 heterocycles. The van der Waals surface area contributed by atoms with Crippen molar-refractivity contribution in [3.05, 3.63) is 16.1 Å². The lowest BCUT2D eigenvalue weighted by Gasteiger charge is -2.16. The number of aryl methyl sites for hydroxylation is 1. The molecule has 0 aliphatic carbocycles. The van der Waals surface area contributed by atoms with Crippen LogP contribution >= 0.6 is 11.3 Å². The van der Waals surface area contributed by atoms with E-state index < -0.39 is 5.97 Å². The van der Waals surface area contributed by atoms with Crippen LogP contribution in [0.3, 0.4) is 0 Å². The summed E-state index contributed by atoms with van der Waals surface area (Å²) in [7, 11) is 0. The highest BCUT2D eigenvalue weighted by Gasteiger charge is 2.13. The van der Waals surface area contributed by atoms with Gasteiger partial charge >= 0.3 is 5.97 Å². The summed E-state index contributed by atoms with van der Waals surface area (Å²) in [4.78, 5) is 14.6. The minimum atomic E-state index is -0.941. The van der Waals surface area contributed by atoms with Crippen molar-refractivity contribution < 1.29 is 9.90 Å². The zero-order valence-electron chi connectivity index (χ0n) is 8.70. The normalized spacial score (nSPS) is 11.6. The molecule has 1 rings (SSSR count). The lowest BCUT2D eigenvalue weighted by Crippen LogP contribution is -2.06. The van der Waals surface area contributed by atoms with Crippen LogP contribution < -0.4 is 0 Å². The molecule has 4 heteroatoms. The van der Waals surface area contributed by atoms with Crippen LogP contribution in [0.4, 0.5) is 0 Å². The van der Waals surface area contributed by atoms with Crippen molar-refractivity contribution in [1.29, 1.82) is 0 Å². The van der Waals surface area contributed by atoms with E-state index in [1.165, 1.54) is 11.3 Å². The Morgan fingerprint density at radius 1 is 1.57 bits per heavy atom. The van der Waals surface area contributed by atoms with Gasteiger partial charge in [-0.25, -0.2) is 9.78 Å². The Morgan fingerprint density at radius 2 is 2.21 bits per heavy atom. The highest BCUT2D eigenvalue weighted by atomic mass is 32.1. The number of aromatic carboxylic acids is 1. The predicted octanol–water partition coefficient (Wildman–Crippen LogP) is 2.82. The van der Waals surface area contributed by atoms with Crippen LogP contribution in [0.15, 0.2) is 5.38 Å². The van der Waals surface area contributed by atoms with E-state index in [0.29, 0.717) is 0 Å². The molecule has 0 aliphatic heterocycles. The third-order valence-electron chi connectivity index (χ3n) is 1.86. The first-order chi connectivity index (χ1) is 6.38. The van der Waals surface area contributed by atoms with Crippen molar-refractivity contribution >= 4 is 17.3 Å². The second kappa shape index (κ2) is 4.09. The minimum absolute atomic E-state index is 0.166. The first-order valence-electron chi connectivity index (χ1n) is 4.56. The van der Waals surface area contributed by atoms with Crippen molar-refractivity contribution in [2.45, 2.75) is 33.6 Å². The zero-order valence-corrected chi connectivity index (χ0v) is 9.52. The maximum absolute atomic E-state index is 10.6. The summed E-state index contributed by atoms with van der Waals surface area (Å²) in [6.45, 7) is 6.50. The molecule has 1 N–H and O–H groups in total. The highest BCUT2D eigenvalue weighted by molar-refractivity contribution is 7.09. The Bertz CT molecular complexity index is 325. The fourth-order valence-corrected chi connectivity index (χ4v) is 1.78. The molecule has 0 spiro atoms. The van der Waals surface area contributed by atoms with Crippen LogP contribution in [-0.4, -0.2) is 16.1 Å². The third kappa shape index (κ3) is 3.46. The SMILES string of the molecule is CC(C)(C)CCc1nc(C(=O)O)cs1. The van der Waals surface area contributed by atoms with Crippen molar-refractivity contribution in [2.24, 2.45) is 5.41 Å². The van der Waals surface area contributed by atoms with E-state index in [1.807, 2.05) is 0 Å². The molecule has 0 atom stereocenters. The number of carboxylic acids is 1. The molecule has 0 bridgehead atoms. The van der Waals surface area contributed by atoms with Crippen LogP contribution in [0, 0.1) is 5.41 Å². The lowest BCUT2D eigenvalue weighted by molar-refractivity contribution is 0.0691. The Kier molecular flexibility index (Phi) is 3.26. The number of carboxylic acid groups (broad SMARTS) is 1. The number of nitrogens with zero attached hydrogens (tertiary/aromatic N) is 1. The summed E-state index contributed by atoms with van der Waals surface area (Å²) >= 11 is 1.43. The molecule has 0 aromatic carbocycles. The molecule has 1 aromatic heterocycles. The largest absolute Gasteiger partial charge is 0.476 e. The molecule has 14 heavy (non-hydrogen) atoms. The lowest BCUT2D eigenvalue weighted by atomic mass is 9.91. The van der Waals surface area contributed by atoms with Gasteiger partial charge in [0.25, 0.3) is 0 Å². The van der Waals surface area contributed by atoms with Crippen molar-refractivity contribution in [1.82, 2.24) is 4.98 Å². The Hall–Kier alpha value is -0.900. The molecule has 3 nitrogen and oxygen atoms in total. The summed E-state index contributed by atoms with van der Waals surface area (Å²) < 4.78 is 0. The molecule has 0 aliphatic rings. The van der Waals surface area contributed by atoms with Gasteiger partial charge in [-0.05, 0) is 18.3 Å². The number of aromatic nitrogens is 1. The molecular formula is C10H15NO2S. The van der Waals surface area contributed by atoms with E-state index in [0.717, 1.165) is 17.8 Å². The topological polar surface area (TPSA) is 50.2 Å². The van der Waals surface area contributed by atoms with Gasteiger partial charge in [0, 0.05) is 5.38 Å². The van der Waals surface area contributed by atoms with E-state index in [9.17, 15) is 4.79 Å². The van der Waals surface area contributed by atoms with Gasteiger partial charge in [0.05, 0.1) is 5.01 Å². The maximum atomic E-state index is 10.6. The smallest absolute Gasteiger partial charge is 0.355 e. The molecule has 1 aromatic rings. The van der Waals surface area contributed by atoms with E-state index in [-0.39, 0.29) is 11.1 Å². The highest BCUT2D eigenvalue weighted by Crippen LogP contribution is 2.22. The molecule has 0 amide bonds. The van der Waals surface area contributed by atoms with Crippen LogP contribution in [0.2, 0.25) is 0 Å². The van der Waals surface area contributed by atoms with Gasteiger partial charge in [0.1, 0.15) is 0 Å². The van der Waals surface area contributed by atoms with Crippen LogP contribution in [0.5, 0.6) is 0 Å². The summed E-state index contributed by atoms with van der Waals surface area (Å²) in [5, 5.41) is 11.2. The number of hydrogen-bond donors (Lipinski definition) is 1. The summed E-state index contributed by atoms with van der Waals surface area (Å²) in [6, 6.07) is 0. The average molecular weight is 213 g/mol. The van der Waals surface area contributed by atoms with Gasteiger partial charge in [-0.1, -0.05) is 20.8 Å². The van der Waals surface area contributed by atoms with Gasteiger partial charge in [0.2, 0.25) is 0 Å². The second-order valence-corrected chi connectivity index (χ2v) is 5.43. The van der Waals surface area contributed by atoms with Gasteiger partial charge in [-0.3, -0.25) is 0 Å². The van der Waals surface area contributed by atoms with Crippen LogP contribution in [0.1, 0.15) is 42.7 Å². The van der Waals surface area contributed by atoms with Crippen LogP contribution in [-0.2, 0) is 6.42 Å². The minimum Gasteiger partial charge on any atom is -0.476 e. The van der Waals surface area contributed by atoms with E-state index in [2.05, 4.69) is 25.8 Å². The predicted molar refractivity (Wildman–Crippen MR) is 56.8 cm³/mol. The van der Waals surface area contributed by atoms with E-state index in [1.54, 1.807) is 5.38 Å². The second-order valence-electron chi connectivity index (χ2n) is 4.49. The number of hydrogen-bond acceptors (Lipinski definition) is 3. The Labute approximate surface area is 87.8 Å². The molecule has 0 radical (unpaired) electrons. The van der Waals surface area contributed by atoms with Gasteiger partial charge < -0.3 is 5.11 Å². The fraction of sp³-hybridized carbons (Fsp3) is 0.600. The maximum Gasteiger partial charge on any atom is 0.355 e. The zero-order chi connectivity index (χ0) is 10.8. The van der Waals surface area contributed by atoms with Crippen LogP contribution in [0.25, 0.3) is 0 Å². The van der Waals surface area contributed by atoms with E-state index >= 15 is 0 Å². The number of thiazole rings is 1. The van der Waals surface area contributed by atoms with Crippen molar-refractivity contribution in [3.8, 4) is 0 Å². The molecule has 78 valence electrons.